The number of hydrogen-bond acceptors (Lipinski definition) is 5. The fourth-order valence-electron chi connectivity index (χ4n) is 6.74. The molecule has 0 spiro atoms. The van der Waals surface area contributed by atoms with Crippen molar-refractivity contribution in [1.82, 2.24) is 15.5 Å². The molecule has 2 bridgehead atoms. The summed E-state index contributed by atoms with van der Waals surface area (Å²) in [4.78, 5) is 40.0. The molecular weight excluding hydrogens is 624 g/mol. The first-order valence-electron chi connectivity index (χ1n) is 17.0. The molecule has 0 saturated carbocycles. The van der Waals surface area contributed by atoms with Crippen molar-refractivity contribution in [1.29, 1.82) is 0 Å². The lowest BCUT2D eigenvalue weighted by Gasteiger charge is -2.44. The van der Waals surface area contributed by atoms with E-state index in [1.165, 1.54) is 16.7 Å². The average molecular weight is 671 g/mol. The lowest BCUT2D eigenvalue weighted by molar-refractivity contribution is -0.133. The van der Waals surface area contributed by atoms with Gasteiger partial charge in [0.1, 0.15) is 5.75 Å². The molecule has 0 aliphatic carbocycles. The summed E-state index contributed by atoms with van der Waals surface area (Å²) in [5.41, 5.74) is 13.8. The summed E-state index contributed by atoms with van der Waals surface area (Å²) in [6.07, 6.45) is 3.78. The van der Waals surface area contributed by atoms with Gasteiger partial charge in [0, 0.05) is 55.5 Å². The molecule has 3 amide bonds. The SMILES string of the molecule is Cc1cc(C)c(C)c(OCCc2ccc(C3=C(C(=O)NCCCc4ccccc4Cl)[C@H]4CN(C(=O)CCCC(N)=O)C[C@@H](C3)N4)cc2)c1. The topological polar surface area (TPSA) is 114 Å². The fraction of sp³-hybridized carbons (Fsp3) is 0.410. The number of nitrogens with one attached hydrogen (secondary N) is 2. The second kappa shape index (κ2) is 16.3. The van der Waals surface area contributed by atoms with Crippen LogP contribution in [-0.4, -0.2) is 60.9 Å². The highest BCUT2D eigenvalue weighted by atomic mass is 35.5. The van der Waals surface area contributed by atoms with E-state index < -0.39 is 5.91 Å². The molecule has 3 aromatic carbocycles. The van der Waals surface area contributed by atoms with Crippen LogP contribution in [0.25, 0.3) is 5.57 Å². The van der Waals surface area contributed by atoms with E-state index in [4.69, 9.17) is 22.1 Å². The summed E-state index contributed by atoms with van der Waals surface area (Å²) in [6, 6.07) is 20.2. The molecule has 4 N–H and O–H groups in total. The van der Waals surface area contributed by atoms with Crippen molar-refractivity contribution in [2.24, 2.45) is 5.73 Å². The second-order valence-corrected chi connectivity index (χ2v) is 13.5. The minimum absolute atomic E-state index is 0.0155. The molecule has 0 unspecified atom stereocenters. The number of aryl methyl sites for hydroxylation is 3. The number of piperazine rings is 1. The van der Waals surface area contributed by atoms with E-state index in [0.717, 1.165) is 52.3 Å². The number of rotatable bonds is 14. The number of ether oxygens (including phenoxy) is 1. The first-order valence-corrected chi connectivity index (χ1v) is 17.3. The molecule has 254 valence electrons. The van der Waals surface area contributed by atoms with Gasteiger partial charge >= 0.3 is 0 Å². The first-order chi connectivity index (χ1) is 23.1. The Hall–Kier alpha value is -4.14. The maximum absolute atomic E-state index is 13.9. The Morgan fingerprint density at radius 3 is 2.50 bits per heavy atom. The molecule has 2 atom stereocenters. The quantitative estimate of drug-likeness (QED) is 0.193. The van der Waals surface area contributed by atoms with Crippen LogP contribution in [0.1, 0.15) is 65.5 Å². The van der Waals surface area contributed by atoms with E-state index >= 15 is 0 Å². The Bertz CT molecular complexity index is 1670. The van der Waals surface area contributed by atoms with Gasteiger partial charge in [0.05, 0.1) is 12.6 Å². The van der Waals surface area contributed by atoms with Crippen molar-refractivity contribution in [3.63, 3.8) is 0 Å². The van der Waals surface area contributed by atoms with Gasteiger partial charge in [-0.1, -0.05) is 60.1 Å². The molecule has 8 nitrogen and oxygen atoms in total. The zero-order valence-electron chi connectivity index (χ0n) is 28.2. The molecule has 5 rings (SSSR count). The number of hydrogen-bond donors (Lipinski definition) is 3. The fourth-order valence-corrected chi connectivity index (χ4v) is 6.97. The monoisotopic (exact) mass is 670 g/mol. The van der Waals surface area contributed by atoms with Crippen LogP contribution in [0.3, 0.4) is 0 Å². The third-order valence-corrected chi connectivity index (χ3v) is 9.77. The number of amides is 3. The zero-order valence-corrected chi connectivity index (χ0v) is 29.0. The maximum Gasteiger partial charge on any atom is 0.249 e. The number of nitrogens with zero attached hydrogens (tertiary/aromatic N) is 1. The van der Waals surface area contributed by atoms with Crippen LogP contribution in [0.2, 0.25) is 5.02 Å². The van der Waals surface area contributed by atoms with Crippen LogP contribution in [0.5, 0.6) is 5.75 Å². The highest BCUT2D eigenvalue weighted by Gasteiger charge is 2.39. The van der Waals surface area contributed by atoms with Gasteiger partial charge in [-0.25, -0.2) is 0 Å². The van der Waals surface area contributed by atoms with E-state index in [1.807, 2.05) is 29.2 Å². The lowest BCUT2D eigenvalue weighted by atomic mass is 9.82. The van der Waals surface area contributed by atoms with Crippen LogP contribution < -0.4 is 21.1 Å². The number of halogens is 1. The lowest BCUT2D eigenvalue weighted by Crippen LogP contribution is -2.62. The van der Waals surface area contributed by atoms with Crippen molar-refractivity contribution in [2.45, 2.75) is 77.8 Å². The van der Waals surface area contributed by atoms with Crippen LogP contribution in [0.4, 0.5) is 0 Å². The summed E-state index contributed by atoms with van der Waals surface area (Å²) in [6.45, 7) is 8.30. The Morgan fingerprint density at radius 1 is 0.979 bits per heavy atom. The summed E-state index contributed by atoms with van der Waals surface area (Å²) in [7, 11) is 0. The van der Waals surface area contributed by atoms with Crippen molar-refractivity contribution in [2.75, 3.05) is 26.2 Å². The highest BCUT2D eigenvalue weighted by Crippen LogP contribution is 2.34. The van der Waals surface area contributed by atoms with E-state index in [2.05, 4.69) is 67.8 Å². The van der Waals surface area contributed by atoms with Gasteiger partial charge in [-0.05, 0) is 97.5 Å². The van der Waals surface area contributed by atoms with Crippen molar-refractivity contribution in [3.05, 3.63) is 105 Å². The largest absolute Gasteiger partial charge is 0.493 e. The molecule has 48 heavy (non-hydrogen) atoms. The number of nitrogens with two attached hydrogens (primary N) is 1. The molecule has 1 saturated heterocycles. The Labute approximate surface area is 289 Å². The van der Waals surface area contributed by atoms with Gasteiger partial charge in [-0.3, -0.25) is 14.4 Å². The minimum Gasteiger partial charge on any atom is -0.493 e. The van der Waals surface area contributed by atoms with Gasteiger partial charge in [0.15, 0.2) is 0 Å². The number of carbonyl (C=O) groups is 3. The molecule has 2 aliphatic heterocycles. The van der Waals surface area contributed by atoms with Crippen molar-refractivity contribution < 1.29 is 19.1 Å². The molecule has 1 fully saturated rings. The molecule has 3 aromatic rings. The Morgan fingerprint density at radius 2 is 1.75 bits per heavy atom. The van der Waals surface area contributed by atoms with E-state index in [1.54, 1.807) is 0 Å². The standard InChI is InChI=1S/C39H47ClN4O4/c1-25-20-26(2)27(3)35(21-25)48-19-17-28-13-15-29(16-14-28)32-22-31-23-44(37(46)12-6-11-36(41)45)24-34(43-31)38(32)39(47)42-18-7-9-30-8-4-5-10-33(30)40/h4-5,8,10,13-16,20-21,31,34,43H,6-7,9,11-12,17-19,22-24H2,1-3H3,(H2,41,45)(H,42,47)/t31-,34-/m1/s1. The van der Waals surface area contributed by atoms with Gasteiger partial charge in [-0.15, -0.1) is 0 Å². The predicted octanol–water partition coefficient (Wildman–Crippen LogP) is 5.62. The third-order valence-electron chi connectivity index (χ3n) is 9.40. The Balaban J connectivity index is 1.30. The van der Waals surface area contributed by atoms with E-state index in [0.29, 0.717) is 44.7 Å². The third kappa shape index (κ3) is 9.05. The summed E-state index contributed by atoms with van der Waals surface area (Å²) in [5, 5.41) is 7.50. The smallest absolute Gasteiger partial charge is 0.249 e. The van der Waals surface area contributed by atoms with Crippen LogP contribution in [0, 0.1) is 20.8 Å². The molecule has 9 heteroatoms. The minimum atomic E-state index is -0.406. The van der Waals surface area contributed by atoms with Crippen molar-refractivity contribution in [3.8, 4) is 5.75 Å². The summed E-state index contributed by atoms with van der Waals surface area (Å²) < 4.78 is 6.16. The van der Waals surface area contributed by atoms with Gasteiger partial charge in [0.2, 0.25) is 17.7 Å². The van der Waals surface area contributed by atoms with Crippen LogP contribution >= 0.6 is 11.6 Å². The second-order valence-electron chi connectivity index (χ2n) is 13.1. The van der Waals surface area contributed by atoms with Gasteiger partial charge in [-0.2, -0.15) is 0 Å². The highest BCUT2D eigenvalue weighted by molar-refractivity contribution is 6.31. The molecule has 0 aromatic heterocycles. The van der Waals surface area contributed by atoms with Crippen LogP contribution in [0.15, 0.2) is 66.2 Å². The first kappa shape index (κ1) is 35.2. The average Bonchev–Trinajstić information content (AvgIpc) is 3.05. The normalized spacial score (nSPS) is 17.3. The molecule has 2 heterocycles. The molecule has 2 aliphatic rings. The van der Waals surface area contributed by atoms with Crippen LogP contribution in [-0.2, 0) is 27.2 Å². The van der Waals surface area contributed by atoms with Gasteiger partial charge in [0.25, 0.3) is 0 Å². The molecular formula is C39H47ClN4O4. The van der Waals surface area contributed by atoms with E-state index in [-0.39, 0.29) is 36.7 Å². The number of benzene rings is 3. The molecule has 0 radical (unpaired) electrons. The predicted molar refractivity (Wildman–Crippen MR) is 191 cm³/mol. The van der Waals surface area contributed by atoms with Gasteiger partial charge < -0.3 is 26.0 Å². The summed E-state index contributed by atoms with van der Waals surface area (Å²) in [5.74, 6) is 0.386. The number of carbonyl (C=O) groups excluding carboxylic acids is 3. The Kier molecular flexibility index (Phi) is 12.0. The van der Waals surface area contributed by atoms with E-state index in [9.17, 15) is 14.4 Å². The summed E-state index contributed by atoms with van der Waals surface area (Å²) >= 11 is 6.34. The number of fused-ring (bicyclic) bond motifs is 2. The van der Waals surface area contributed by atoms with Crippen molar-refractivity contribution >= 4 is 34.9 Å². The maximum atomic E-state index is 13.9. The number of primary amides is 1. The zero-order chi connectivity index (χ0) is 34.2.